The van der Waals surface area contributed by atoms with E-state index in [2.05, 4.69) is 45.8 Å². The SMILES string of the molecule is CNCc1nnc(Cc2ccc3ccccc3c2)o1. The number of hydrogen-bond donors (Lipinski definition) is 1. The second kappa shape index (κ2) is 5.20. The summed E-state index contributed by atoms with van der Waals surface area (Å²) in [6.07, 6.45) is 0.668. The van der Waals surface area contributed by atoms with Crippen LogP contribution in [0.15, 0.2) is 46.9 Å². The van der Waals surface area contributed by atoms with Crippen LogP contribution in [0.1, 0.15) is 17.3 Å². The van der Waals surface area contributed by atoms with Crippen molar-refractivity contribution in [3.63, 3.8) is 0 Å². The maximum absolute atomic E-state index is 5.56. The first-order valence-corrected chi connectivity index (χ1v) is 6.29. The molecule has 0 bridgehead atoms. The molecule has 0 aliphatic carbocycles. The van der Waals surface area contributed by atoms with Gasteiger partial charge in [0, 0.05) is 0 Å². The Labute approximate surface area is 111 Å². The smallest absolute Gasteiger partial charge is 0.230 e. The van der Waals surface area contributed by atoms with Crippen molar-refractivity contribution >= 4 is 10.8 Å². The fourth-order valence-electron chi connectivity index (χ4n) is 2.11. The van der Waals surface area contributed by atoms with E-state index in [0.717, 1.165) is 0 Å². The van der Waals surface area contributed by atoms with Crippen molar-refractivity contribution in [3.8, 4) is 0 Å². The van der Waals surface area contributed by atoms with Crippen LogP contribution in [0.3, 0.4) is 0 Å². The third-order valence-electron chi connectivity index (χ3n) is 3.01. The molecule has 0 aliphatic heterocycles. The maximum Gasteiger partial charge on any atom is 0.230 e. The summed E-state index contributed by atoms with van der Waals surface area (Å²) < 4.78 is 5.56. The van der Waals surface area contributed by atoms with Gasteiger partial charge in [-0.15, -0.1) is 10.2 Å². The second-order valence-electron chi connectivity index (χ2n) is 4.48. The number of rotatable bonds is 4. The van der Waals surface area contributed by atoms with E-state index in [1.54, 1.807) is 0 Å². The van der Waals surface area contributed by atoms with Crippen LogP contribution < -0.4 is 5.32 Å². The zero-order valence-electron chi connectivity index (χ0n) is 10.8. The molecule has 0 unspecified atom stereocenters. The monoisotopic (exact) mass is 253 g/mol. The van der Waals surface area contributed by atoms with Crippen molar-refractivity contribution in [2.75, 3.05) is 7.05 Å². The van der Waals surface area contributed by atoms with E-state index >= 15 is 0 Å². The Morgan fingerprint density at radius 2 is 1.79 bits per heavy atom. The maximum atomic E-state index is 5.56. The molecular weight excluding hydrogens is 238 g/mol. The molecule has 96 valence electrons. The zero-order valence-corrected chi connectivity index (χ0v) is 10.8. The molecule has 0 fully saturated rings. The van der Waals surface area contributed by atoms with Crippen LogP contribution in [0.5, 0.6) is 0 Å². The van der Waals surface area contributed by atoms with Crippen molar-refractivity contribution in [2.24, 2.45) is 0 Å². The van der Waals surface area contributed by atoms with Gasteiger partial charge in [-0.3, -0.25) is 0 Å². The summed E-state index contributed by atoms with van der Waals surface area (Å²) in [5.74, 6) is 1.28. The minimum Gasteiger partial charge on any atom is -0.424 e. The largest absolute Gasteiger partial charge is 0.424 e. The van der Waals surface area contributed by atoms with Gasteiger partial charge in [-0.25, -0.2) is 0 Å². The van der Waals surface area contributed by atoms with E-state index in [9.17, 15) is 0 Å². The van der Waals surface area contributed by atoms with Gasteiger partial charge in [0.1, 0.15) is 0 Å². The Kier molecular flexibility index (Phi) is 3.25. The van der Waals surface area contributed by atoms with Crippen molar-refractivity contribution in [2.45, 2.75) is 13.0 Å². The summed E-state index contributed by atoms with van der Waals surface area (Å²) in [5, 5.41) is 13.5. The third kappa shape index (κ3) is 2.63. The van der Waals surface area contributed by atoms with Crippen LogP contribution in [-0.2, 0) is 13.0 Å². The molecule has 0 radical (unpaired) electrons. The van der Waals surface area contributed by atoms with Crippen LogP contribution in [0.4, 0.5) is 0 Å². The molecule has 3 rings (SSSR count). The van der Waals surface area contributed by atoms with Crippen molar-refractivity contribution in [3.05, 3.63) is 59.8 Å². The molecule has 0 atom stereocenters. The Hall–Kier alpha value is -2.20. The van der Waals surface area contributed by atoms with Gasteiger partial charge < -0.3 is 9.73 Å². The highest BCUT2D eigenvalue weighted by molar-refractivity contribution is 5.83. The van der Waals surface area contributed by atoms with E-state index in [1.165, 1.54) is 16.3 Å². The Bertz CT molecular complexity index is 690. The van der Waals surface area contributed by atoms with Crippen molar-refractivity contribution in [1.29, 1.82) is 0 Å². The lowest BCUT2D eigenvalue weighted by atomic mass is 10.1. The fourth-order valence-corrected chi connectivity index (χ4v) is 2.11. The predicted octanol–water partition coefficient (Wildman–Crippen LogP) is 2.53. The molecule has 19 heavy (non-hydrogen) atoms. The van der Waals surface area contributed by atoms with Gasteiger partial charge in [-0.1, -0.05) is 42.5 Å². The van der Waals surface area contributed by atoms with Crippen molar-refractivity contribution in [1.82, 2.24) is 15.5 Å². The minimum atomic E-state index is 0.602. The van der Waals surface area contributed by atoms with Gasteiger partial charge in [0.15, 0.2) is 0 Å². The van der Waals surface area contributed by atoms with E-state index < -0.39 is 0 Å². The molecule has 0 saturated carbocycles. The molecule has 0 spiro atoms. The highest BCUT2D eigenvalue weighted by atomic mass is 16.4. The summed E-state index contributed by atoms with van der Waals surface area (Å²) in [5.41, 5.74) is 1.18. The fraction of sp³-hybridized carbons (Fsp3) is 0.200. The third-order valence-corrected chi connectivity index (χ3v) is 3.01. The molecular formula is C15H15N3O. The lowest BCUT2D eigenvalue weighted by molar-refractivity contribution is 0.447. The zero-order chi connectivity index (χ0) is 13.1. The summed E-state index contributed by atoms with van der Waals surface area (Å²) in [7, 11) is 1.85. The molecule has 1 heterocycles. The first-order chi connectivity index (χ1) is 9.35. The summed E-state index contributed by atoms with van der Waals surface area (Å²) in [6.45, 7) is 0.602. The molecule has 3 aromatic rings. The van der Waals surface area contributed by atoms with Gasteiger partial charge in [0.25, 0.3) is 0 Å². The molecule has 1 aromatic heterocycles. The molecule has 4 nitrogen and oxygen atoms in total. The van der Waals surface area contributed by atoms with E-state index in [1.807, 2.05) is 19.2 Å². The first kappa shape index (κ1) is 11.9. The standard InChI is InChI=1S/C15H15N3O/c1-16-10-15-18-17-14(19-15)9-11-6-7-12-4-2-3-5-13(12)8-11/h2-8,16H,9-10H2,1H3. The molecule has 0 aliphatic rings. The molecule has 0 saturated heterocycles. The van der Waals surface area contributed by atoms with Gasteiger partial charge >= 0.3 is 0 Å². The number of nitrogens with zero attached hydrogens (tertiary/aromatic N) is 2. The topological polar surface area (TPSA) is 51.0 Å². The Morgan fingerprint density at radius 3 is 2.63 bits per heavy atom. The molecule has 0 amide bonds. The normalized spacial score (nSPS) is 11.0. The van der Waals surface area contributed by atoms with E-state index in [-0.39, 0.29) is 0 Å². The lowest BCUT2D eigenvalue weighted by Gasteiger charge is -2.01. The molecule has 2 aromatic carbocycles. The van der Waals surface area contributed by atoms with E-state index in [4.69, 9.17) is 4.42 Å². The minimum absolute atomic E-state index is 0.602. The lowest BCUT2D eigenvalue weighted by Crippen LogP contribution is -2.04. The van der Waals surface area contributed by atoms with Gasteiger partial charge in [0.05, 0.1) is 13.0 Å². The van der Waals surface area contributed by atoms with Crippen LogP contribution in [0, 0.1) is 0 Å². The van der Waals surface area contributed by atoms with Gasteiger partial charge in [-0.05, 0) is 23.4 Å². The van der Waals surface area contributed by atoms with Crippen LogP contribution >= 0.6 is 0 Å². The average molecular weight is 253 g/mol. The van der Waals surface area contributed by atoms with E-state index in [0.29, 0.717) is 24.7 Å². The highest BCUT2D eigenvalue weighted by Gasteiger charge is 2.06. The predicted molar refractivity (Wildman–Crippen MR) is 73.8 cm³/mol. The van der Waals surface area contributed by atoms with Gasteiger partial charge in [-0.2, -0.15) is 0 Å². The number of aromatic nitrogens is 2. The summed E-state index contributed by atoms with van der Waals surface area (Å²) >= 11 is 0. The average Bonchev–Trinajstić information content (AvgIpc) is 2.86. The highest BCUT2D eigenvalue weighted by Crippen LogP contribution is 2.17. The number of hydrogen-bond acceptors (Lipinski definition) is 4. The van der Waals surface area contributed by atoms with Crippen LogP contribution in [0.25, 0.3) is 10.8 Å². The van der Waals surface area contributed by atoms with Gasteiger partial charge in [0.2, 0.25) is 11.8 Å². The van der Waals surface area contributed by atoms with Crippen LogP contribution in [-0.4, -0.2) is 17.2 Å². The number of benzene rings is 2. The number of fused-ring (bicyclic) bond motifs is 1. The van der Waals surface area contributed by atoms with Crippen molar-refractivity contribution < 1.29 is 4.42 Å². The van der Waals surface area contributed by atoms with Crippen LogP contribution in [0.2, 0.25) is 0 Å². The summed E-state index contributed by atoms with van der Waals surface area (Å²) in [4.78, 5) is 0. The Morgan fingerprint density at radius 1 is 1.00 bits per heavy atom. The molecule has 1 N–H and O–H groups in total. The summed E-state index contributed by atoms with van der Waals surface area (Å²) in [6, 6.07) is 14.7. The first-order valence-electron chi connectivity index (χ1n) is 6.29. The number of nitrogens with one attached hydrogen (secondary N) is 1. The quantitative estimate of drug-likeness (QED) is 0.776. The molecule has 4 heteroatoms. The second-order valence-corrected chi connectivity index (χ2v) is 4.48. The Balaban J connectivity index is 1.83.